The molecule has 76 valence electrons. The molecule has 0 saturated heterocycles. The van der Waals surface area contributed by atoms with Crippen molar-refractivity contribution in [1.82, 2.24) is 10.6 Å². The Morgan fingerprint density at radius 2 is 2.15 bits per heavy atom. The van der Waals surface area contributed by atoms with Crippen molar-refractivity contribution < 1.29 is 9.18 Å². The van der Waals surface area contributed by atoms with Crippen molar-refractivity contribution in [2.45, 2.75) is 44.8 Å². The number of urea groups is 1. The average Bonchev–Trinajstić information content (AvgIpc) is 1.96. The second kappa shape index (κ2) is 3.94. The minimum Gasteiger partial charge on any atom is -0.336 e. The molecule has 3 nitrogen and oxygen atoms in total. The second-order valence-electron chi connectivity index (χ2n) is 3.99. The topological polar surface area (TPSA) is 41.1 Å². The van der Waals surface area contributed by atoms with E-state index in [0.29, 0.717) is 12.8 Å². The molecular formula is C9H17FN2O. The van der Waals surface area contributed by atoms with Crippen molar-refractivity contribution in [3.05, 3.63) is 0 Å². The van der Waals surface area contributed by atoms with Gasteiger partial charge in [0.2, 0.25) is 0 Å². The summed E-state index contributed by atoms with van der Waals surface area (Å²) >= 11 is 0. The maximum atomic E-state index is 13.4. The molecule has 0 spiro atoms. The molecule has 0 heterocycles. The molecule has 1 saturated carbocycles. The van der Waals surface area contributed by atoms with Gasteiger partial charge in [0.1, 0.15) is 5.67 Å². The molecule has 0 aromatic carbocycles. The number of halogens is 1. The molecule has 1 fully saturated rings. The van der Waals surface area contributed by atoms with Crippen LogP contribution >= 0.6 is 0 Å². The Balaban J connectivity index is 2.14. The number of carbonyl (C=O) groups excluding carboxylic acids is 1. The summed E-state index contributed by atoms with van der Waals surface area (Å²) in [7, 11) is 0. The van der Waals surface area contributed by atoms with Crippen LogP contribution < -0.4 is 10.6 Å². The van der Waals surface area contributed by atoms with Gasteiger partial charge < -0.3 is 10.6 Å². The fourth-order valence-corrected chi connectivity index (χ4v) is 1.29. The standard InChI is InChI=1S/C9H17FN2O/c1-7(2)12-8(13)11-6-9(10)4-3-5-9/h7H,3-6H2,1-2H3,(H2,11,12,13). The summed E-state index contributed by atoms with van der Waals surface area (Å²) in [6.07, 6.45) is 2.09. The number of alkyl halides is 1. The summed E-state index contributed by atoms with van der Waals surface area (Å²) in [5.41, 5.74) is -1.13. The predicted octanol–water partition coefficient (Wildman–Crippen LogP) is 1.59. The van der Waals surface area contributed by atoms with Crippen LogP contribution in [0.25, 0.3) is 0 Å². The van der Waals surface area contributed by atoms with Gasteiger partial charge in [-0.15, -0.1) is 0 Å². The molecule has 1 aliphatic rings. The summed E-state index contributed by atoms with van der Waals surface area (Å²) in [6, 6.07) is -0.184. The Kier molecular flexibility index (Phi) is 3.12. The monoisotopic (exact) mass is 188 g/mol. The van der Waals surface area contributed by atoms with Gasteiger partial charge in [0.15, 0.2) is 0 Å². The lowest BCUT2D eigenvalue weighted by molar-refractivity contribution is 0.0657. The molecule has 0 aromatic heterocycles. The van der Waals surface area contributed by atoms with Gasteiger partial charge in [-0.25, -0.2) is 9.18 Å². The van der Waals surface area contributed by atoms with E-state index in [1.54, 1.807) is 0 Å². The lowest BCUT2D eigenvalue weighted by Gasteiger charge is -2.33. The highest BCUT2D eigenvalue weighted by atomic mass is 19.1. The van der Waals surface area contributed by atoms with Crippen LogP contribution in [-0.2, 0) is 0 Å². The van der Waals surface area contributed by atoms with Crippen molar-refractivity contribution >= 4 is 6.03 Å². The molecule has 0 atom stereocenters. The van der Waals surface area contributed by atoms with Gasteiger partial charge in [-0.1, -0.05) is 0 Å². The van der Waals surface area contributed by atoms with Crippen LogP contribution in [0.2, 0.25) is 0 Å². The molecule has 2 amide bonds. The Morgan fingerprint density at radius 3 is 2.54 bits per heavy atom. The Bertz CT molecular complexity index is 190. The minimum atomic E-state index is -1.13. The SMILES string of the molecule is CC(C)NC(=O)NCC1(F)CCC1. The zero-order chi connectivity index (χ0) is 9.90. The average molecular weight is 188 g/mol. The largest absolute Gasteiger partial charge is 0.336 e. The first-order valence-corrected chi connectivity index (χ1v) is 4.75. The number of amides is 2. The molecule has 0 bridgehead atoms. The van der Waals surface area contributed by atoms with E-state index in [0.717, 1.165) is 6.42 Å². The molecule has 0 aromatic rings. The Hall–Kier alpha value is -0.800. The molecular weight excluding hydrogens is 171 g/mol. The quantitative estimate of drug-likeness (QED) is 0.693. The maximum absolute atomic E-state index is 13.4. The molecule has 0 unspecified atom stereocenters. The number of carbonyl (C=O) groups is 1. The molecule has 0 radical (unpaired) electrons. The number of hydrogen-bond acceptors (Lipinski definition) is 1. The molecule has 1 aliphatic carbocycles. The van der Waals surface area contributed by atoms with Crippen LogP contribution in [0.4, 0.5) is 9.18 Å². The molecule has 4 heteroatoms. The highest BCUT2D eigenvalue weighted by Gasteiger charge is 2.37. The van der Waals surface area contributed by atoms with E-state index in [1.165, 1.54) is 0 Å². The lowest BCUT2D eigenvalue weighted by atomic mass is 9.82. The van der Waals surface area contributed by atoms with Crippen LogP contribution in [0.5, 0.6) is 0 Å². The van der Waals surface area contributed by atoms with Crippen LogP contribution in [-0.4, -0.2) is 24.3 Å². The van der Waals surface area contributed by atoms with E-state index in [1.807, 2.05) is 13.8 Å². The van der Waals surface area contributed by atoms with Crippen LogP contribution in [0, 0.1) is 0 Å². The summed E-state index contributed by atoms with van der Waals surface area (Å²) in [5.74, 6) is 0. The van der Waals surface area contributed by atoms with Gasteiger partial charge in [0, 0.05) is 6.04 Å². The smallest absolute Gasteiger partial charge is 0.315 e. The van der Waals surface area contributed by atoms with E-state index in [2.05, 4.69) is 10.6 Å². The zero-order valence-electron chi connectivity index (χ0n) is 8.19. The third-order valence-electron chi connectivity index (χ3n) is 2.24. The minimum absolute atomic E-state index is 0.0944. The van der Waals surface area contributed by atoms with Gasteiger partial charge in [-0.05, 0) is 33.1 Å². The van der Waals surface area contributed by atoms with Gasteiger partial charge in [0.25, 0.3) is 0 Å². The Morgan fingerprint density at radius 1 is 1.54 bits per heavy atom. The highest BCUT2D eigenvalue weighted by molar-refractivity contribution is 5.74. The van der Waals surface area contributed by atoms with Crippen LogP contribution in [0.3, 0.4) is 0 Å². The van der Waals surface area contributed by atoms with Crippen molar-refractivity contribution in [3.63, 3.8) is 0 Å². The molecule has 2 N–H and O–H groups in total. The number of rotatable bonds is 3. The summed E-state index contributed by atoms with van der Waals surface area (Å²) in [6.45, 7) is 3.88. The van der Waals surface area contributed by atoms with Crippen molar-refractivity contribution in [2.24, 2.45) is 0 Å². The fourth-order valence-electron chi connectivity index (χ4n) is 1.29. The molecule has 13 heavy (non-hydrogen) atoms. The van der Waals surface area contributed by atoms with Gasteiger partial charge >= 0.3 is 6.03 Å². The zero-order valence-corrected chi connectivity index (χ0v) is 8.19. The van der Waals surface area contributed by atoms with E-state index in [-0.39, 0.29) is 18.6 Å². The predicted molar refractivity (Wildman–Crippen MR) is 49.4 cm³/mol. The lowest BCUT2D eigenvalue weighted by Crippen LogP contribution is -2.48. The molecule has 1 rings (SSSR count). The molecule has 0 aliphatic heterocycles. The summed E-state index contributed by atoms with van der Waals surface area (Å²) < 4.78 is 13.4. The first-order chi connectivity index (χ1) is 6.02. The van der Waals surface area contributed by atoms with Crippen molar-refractivity contribution in [2.75, 3.05) is 6.54 Å². The summed E-state index contributed by atoms with van der Waals surface area (Å²) in [5, 5.41) is 5.18. The normalized spacial score (nSPS) is 19.4. The highest BCUT2D eigenvalue weighted by Crippen LogP contribution is 2.34. The Labute approximate surface area is 78.1 Å². The number of hydrogen-bond donors (Lipinski definition) is 2. The van der Waals surface area contributed by atoms with Crippen LogP contribution in [0.15, 0.2) is 0 Å². The first-order valence-electron chi connectivity index (χ1n) is 4.75. The van der Waals surface area contributed by atoms with Crippen LogP contribution in [0.1, 0.15) is 33.1 Å². The second-order valence-corrected chi connectivity index (χ2v) is 3.99. The third-order valence-corrected chi connectivity index (χ3v) is 2.24. The van der Waals surface area contributed by atoms with Gasteiger partial charge in [-0.3, -0.25) is 0 Å². The third kappa shape index (κ3) is 3.20. The van der Waals surface area contributed by atoms with Crippen molar-refractivity contribution in [3.8, 4) is 0 Å². The first kappa shape index (κ1) is 10.3. The number of nitrogens with one attached hydrogen (secondary N) is 2. The van der Waals surface area contributed by atoms with E-state index in [9.17, 15) is 9.18 Å². The van der Waals surface area contributed by atoms with Gasteiger partial charge in [0.05, 0.1) is 6.54 Å². The summed E-state index contributed by atoms with van der Waals surface area (Å²) in [4.78, 5) is 11.1. The fraction of sp³-hybridized carbons (Fsp3) is 0.889. The van der Waals surface area contributed by atoms with Gasteiger partial charge in [-0.2, -0.15) is 0 Å². The van der Waals surface area contributed by atoms with E-state index in [4.69, 9.17) is 0 Å². The maximum Gasteiger partial charge on any atom is 0.315 e. The van der Waals surface area contributed by atoms with Crippen molar-refractivity contribution in [1.29, 1.82) is 0 Å². The van der Waals surface area contributed by atoms with E-state index >= 15 is 0 Å². The van der Waals surface area contributed by atoms with E-state index < -0.39 is 5.67 Å².